The van der Waals surface area contributed by atoms with Crippen molar-refractivity contribution in [2.24, 2.45) is 5.84 Å². The molecule has 4 N–H and O–H groups in total. The molecule has 104 valence electrons. The third-order valence-corrected chi connectivity index (χ3v) is 2.62. The second kappa shape index (κ2) is 5.98. The van der Waals surface area contributed by atoms with Gasteiger partial charge in [-0.05, 0) is 25.1 Å². The van der Waals surface area contributed by atoms with Gasteiger partial charge < -0.3 is 4.74 Å². The number of nitrogen functional groups attached to an aromatic ring is 1. The standard InChI is InChI=1S/C13H14N4O3/c1-2-20-9-5-3-4-8(6-9)11-7-10(12(18)15-14)13(19)17-16-11/h3-7H,2,14H2,1H3,(H,15,18)(H,17,19). The summed E-state index contributed by atoms with van der Waals surface area (Å²) in [6, 6.07) is 8.57. The van der Waals surface area contributed by atoms with Gasteiger partial charge in [0.2, 0.25) is 0 Å². The minimum atomic E-state index is -0.670. The molecule has 0 saturated heterocycles. The van der Waals surface area contributed by atoms with Gasteiger partial charge in [-0.1, -0.05) is 12.1 Å². The molecular formula is C13H14N4O3. The van der Waals surface area contributed by atoms with E-state index in [2.05, 4.69) is 10.2 Å². The molecule has 7 nitrogen and oxygen atoms in total. The smallest absolute Gasteiger partial charge is 0.277 e. The van der Waals surface area contributed by atoms with Crippen molar-refractivity contribution in [2.45, 2.75) is 6.92 Å². The maximum absolute atomic E-state index is 11.5. The van der Waals surface area contributed by atoms with Crippen LogP contribution in [0.1, 0.15) is 17.3 Å². The van der Waals surface area contributed by atoms with Crippen molar-refractivity contribution >= 4 is 5.91 Å². The lowest BCUT2D eigenvalue weighted by Gasteiger charge is -2.06. The fraction of sp³-hybridized carbons (Fsp3) is 0.154. The van der Waals surface area contributed by atoms with E-state index in [1.54, 1.807) is 18.2 Å². The molecule has 2 rings (SSSR count). The molecule has 1 amide bonds. The summed E-state index contributed by atoms with van der Waals surface area (Å²) in [5.41, 5.74) is 2.39. The summed E-state index contributed by atoms with van der Waals surface area (Å²) in [5.74, 6) is 5.05. The number of carbonyl (C=O) groups is 1. The van der Waals surface area contributed by atoms with Crippen molar-refractivity contribution in [1.82, 2.24) is 15.6 Å². The van der Waals surface area contributed by atoms with Crippen LogP contribution in [0.15, 0.2) is 35.1 Å². The number of rotatable bonds is 4. The van der Waals surface area contributed by atoms with Gasteiger partial charge in [0.05, 0.1) is 12.3 Å². The average Bonchev–Trinajstić information content (AvgIpc) is 2.47. The Balaban J connectivity index is 2.45. The Morgan fingerprint density at radius 1 is 1.45 bits per heavy atom. The van der Waals surface area contributed by atoms with Crippen LogP contribution in [-0.4, -0.2) is 22.7 Å². The molecule has 0 unspecified atom stereocenters. The molecule has 0 aliphatic heterocycles. The SMILES string of the molecule is CCOc1cccc(-c2cc(C(=O)NN)c(=O)[nH]n2)c1. The maximum atomic E-state index is 11.5. The van der Waals surface area contributed by atoms with Crippen LogP contribution < -0.4 is 21.6 Å². The molecule has 0 atom stereocenters. The second-order valence-corrected chi connectivity index (χ2v) is 3.93. The number of nitrogens with two attached hydrogens (primary N) is 1. The molecule has 0 radical (unpaired) electrons. The molecule has 0 spiro atoms. The van der Waals surface area contributed by atoms with Crippen LogP contribution in [0.2, 0.25) is 0 Å². The number of hydrazine groups is 1. The first-order valence-corrected chi connectivity index (χ1v) is 5.99. The predicted octanol–water partition coefficient (Wildman–Crippen LogP) is 0.439. The van der Waals surface area contributed by atoms with Crippen LogP contribution in [0, 0.1) is 0 Å². The van der Waals surface area contributed by atoms with E-state index in [1.807, 2.05) is 18.4 Å². The molecule has 0 aliphatic carbocycles. The number of aromatic amines is 1. The van der Waals surface area contributed by atoms with Gasteiger partial charge in [0.1, 0.15) is 11.3 Å². The molecule has 0 bridgehead atoms. The monoisotopic (exact) mass is 274 g/mol. The maximum Gasteiger partial charge on any atom is 0.277 e. The Labute approximate surface area is 114 Å². The van der Waals surface area contributed by atoms with Gasteiger partial charge in [0, 0.05) is 5.56 Å². The topological polar surface area (TPSA) is 110 Å². The van der Waals surface area contributed by atoms with Crippen molar-refractivity contribution in [3.05, 3.63) is 46.2 Å². The lowest BCUT2D eigenvalue weighted by atomic mass is 10.1. The number of H-pyrrole nitrogens is 1. The van der Waals surface area contributed by atoms with Gasteiger partial charge in [-0.3, -0.25) is 15.0 Å². The number of aromatic nitrogens is 2. The number of amides is 1. The molecule has 7 heteroatoms. The second-order valence-electron chi connectivity index (χ2n) is 3.93. The van der Waals surface area contributed by atoms with Gasteiger partial charge >= 0.3 is 0 Å². The lowest BCUT2D eigenvalue weighted by molar-refractivity contribution is 0.0952. The van der Waals surface area contributed by atoms with Crippen molar-refractivity contribution in [1.29, 1.82) is 0 Å². The number of hydrogen-bond acceptors (Lipinski definition) is 5. The van der Waals surface area contributed by atoms with Crippen molar-refractivity contribution in [3.63, 3.8) is 0 Å². The summed E-state index contributed by atoms with van der Waals surface area (Å²) >= 11 is 0. The Hall–Kier alpha value is -2.67. The number of hydrogen-bond donors (Lipinski definition) is 3. The first kappa shape index (κ1) is 13.8. The average molecular weight is 274 g/mol. The van der Waals surface area contributed by atoms with Crippen molar-refractivity contribution in [3.8, 4) is 17.0 Å². The lowest BCUT2D eigenvalue weighted by Crippen LogP contribution is -2.34. The van der Waals surface area contributed by atoms with Crippen LogP contribution in [0.5, 0.6) is 5.75 Å². The summed E-state index contributed by atoms with van der Waals surface area (Å²) in [7, 11) is 0. The fourth-order valence-electron chi connectivity index (χ4n) is 1.71. The highest BCUT2D eigenvalue weighted by Crippen LogP contribution is 2.21. The highest BCUT2D eigenvalue weighted by molar-refractivity contribution is 5.94. The zero-order chi connectivity index (χ0) is 14.5. The molecule has 1 aromatic heterocycles. The Bertz CT molecular complexity index is 681. The van der Waals surface area contributed by atoms with Gasteiger partial charge in [0.25, 0.3) is 11.5 Å². The fourth-order valence-corrected chi connectivity index (χ4v) is 1.71. The molecular weight excluding hydrogens is 260 g/mol. The van der Waals surface area contributed by atoms with E-state index in [0.717, 1.165) is 5.56 Å². The van der Waals surface area contributed by atoms with Crippen LogP contribution in [0.4, 0.5) is 0 Å². The van der Waals surface area contributed by atoms with E-state index in [1.165, 1.54) is 6.07 Å². The Kier molecular flexibility index (Phi) is 4.11. The van der Waals surface area contributed by atoms with Gasteiger partial charge in [0.15, 0.2) is 0 Å². The Morgan fingerprint density at radius 2 is 2.25 bits per heavy atom. The first-order chi connectivity index (χ1) is 9.65. The van der Waals surface area contributed by atoms with Crippen LogP contribution >= 0.6 is 0 Å². The third-order valence-electron chi connectivity index (χ3n) is 2.62. The van der Waals surface area contributed by atoms with Crippen molar-refractivity contribution < 1.29 is 9.53 Å². The van der Waals surface area contributed by atoms with Crippen LogP contribution in [0.3, 0.4) is 0 Å². The van der Waals surface area contributed by atoms with E-state index in [9.17, 15) is 9.59 Å². The highest BCUT2D eigenvalue weighted by atomic mass is 16.5. The first-order valence-electron chi connectivity index (χ1n) is 5.99. The zero-order valence-corrected chi connectivity index (χ0v) is 10.8. The molecule has 2 aromatic rings. The van der Waals surface area contributed by atoms with Crippen LogP contribution in [-0.2, 0) is 0 Å². The Morgan fingerprint density at radius 3 is 2.95 bits per heavy atom. The number of carbonyl (C=O) groups excluding carboxylic acids is 1. The van der Waals surface area contributed by atoms with Crippen molar-refractivity contribution in [2.75, 3.05) is 6.61 Å². The molecule has 0 fully saturated rings. The van der Waals surface area contributed by atoms with E-state index in [0.29, 0.717) is 18.1 Å². The van der Waals surface area contributed by atoms with Gasteiger partial charge in [-0.15, -0.1) is 0 Å². The summed E-state index contributed by atoms with van der Waals surface area (Å²) < 4.78 is 5.39. The minimum Gasteiger partial charge on any atom is -0.494 e. The van der Waals surface area contributed by atoms with Gasteiger partial charge in [-0.25, -0.2) is 10.9 Å². The van der Waals surface area contributed by atoms with Crippen LogP contribution in [0.25, 0.3) is 11.3 Å². The summed E-state index contributed by atoms with van der Waals surface area (Å²) in [6.07, 6.45) is 0. The normalized spacial score (nSPS) is 10.1. The number of nitrogens with zero attached hydrogens (tertiary/aromatic N) is 1. The summed E-state index contributed by atoms with van der Waals surface area (Å²) in [6.45, 7) is 2.43. The van der Waals surface area contributed by atoms with E-state index < -0.39 is 11.5 Å². The summed E-state index contributed by atoms with van der Waals surface area (Å²) in [4.78, 5) is 23.0. The number of nitrogens with one attached hydrogen (secondary N) is 2. The van der Waals surface area contributed by atoms with E-state index in [-0.39, 0.29) is 5.56 Å². The number of ether oxygens (including phenoxy) is 1. The summed E-state index contributed by atoms with van der Waals surface area (Å²) in [5, 5.41) is 6.18. The zero-order valence-electron chi connectivity index (χ0n) is 10.8. The highest BCUT2D eigenvalue weighted by Gasteiger charge is 2.12. The molecule has 20 heavy (non-hydrogen) atoms. The number of benzene rings is 1. The molecule has 0 saturated carbocycles. The quantitative estimate of drug-likeness (QED) is 0.425. The van der Waals surface area contributed by atoms with E-state index >= 15 is 0 Å². The van der Waals surface area contributed by atoms with E-state index in [4.69, 9.17) is 10.6 Å². The molecule has 1 heterocycles. The molecule has 0 aliphatic rings. The third kappa shape index (κ3) is 2.83. The van der Waals surface area contributed by atoms with Gasteiger partial charge in [-0.2, -0.15) is 5.10 Å². The largest absolute Gasteiger partial charge is 0.494 e. The molecule has 1 aromatic carbocycles. The minimum absolute atomic E-state index is 0.0979. The predicted molar refractivity (Wildman–Crippen MR) is 73.1 cm³/mol.